The molecule has 0 aliphatic carbocycles. The van der Waals surface area contributed by atoms with Gasteiger partial charge in [-0.2, -0.15) is 13.2 Å². The number of nitrogens with zero attached hydrogens (tertiary/aromatic N) is 1. The molecular formula is C22H20BrF3N2O2. The van der Waals surface area contributed by atoms with Gasteiger partial charge in [0.1, 0.15) is 0 Å². The molecule has 0 aromatic heterocycles. The number of carbonyl (C=O) groups excluding carboxylic acids is 2. The number of alkyl halides is 3. The minimum absolute atomic E-state index is 0.0648. The molecule has 30 heavy (non-hydrogen) atoms. The zero-order chi connectivity index (χ0) is 21.7. The van der Waals surface area contributed by atoms with Gasteiger partial charge in [-0.15, -0.1) is 0 Å². The molecule has 2 aromatic carbocycles. The molecule has 1 aliphatic rings. The summed E-state index contributed by atoms with van der Waals surface area (Å²) in [5, 5.41) is 2.75. The molecule has 1 heterocycles. The zero-order valence-corrected chi connectivity index (χ0v) is 17.5. The molecule has 1 unspecified atom stereocenters. The van der Waals surface area contributed by atoms with Gasteiger partial charge in [0.2, 0.25) is 11.8 Å². The molecule has 0 bridgehead atoms. The Labute approximate surface area is 180 Å². The van der Waals surface area contributed by atoms with E-state index >= 15 is 0 Å². The fourth-order valence-corrected chi connectivity index (χ4v) is 3.70. The lowest BCUT2D eigenvalue weighted by Gasteiger charge is -2.25. The summed E-state index contributed by atoms with van der Waals surface area (Å²) in [5.74, 6) is -0.523. The summed E-state index contributed by atoms with van der Waals surface area (Å²) in [6.07, 6.45) is -0.446. The molecule has 0 radical (unpaired) electrons. The van der Waals surface area contributed by atoms with Gasteiger partial charge in [-0.3, -0.25) is 9.59 Å². The number of carbonyl (C=O) groups is 2. The van der Waals surface area contributed by atoms with E-state index in [1.54, 1.807) is 11.0 Å². The maximum Gasteiger partial charge on any atom is 0.416 e. The van der Waals surface area contributed by atoms with Crippen molar-refractivity contribution in [3.05, 3.63) is 75.8 Å². The van der Waals surface area contributed by atoms with Crippen molar-refractivity contribution in [1.82, 2.24) is 10.2 Å². The SMILES string of the molecule is O=C(/C=C/c1ccccc1Br)NC(CN1CCCC1=O)c1cccc(C(F)(F)F)c1. The van der Waals surface area contributed by atoms with Crippen molar-refractivity contribution in [3.8, 4) is 0 Å². The quantitative estimate of drug-likeness (QED) is 0.594. The number of likely N-dealkylation sites (tertiary alicyclic amines) is 1. The molecule has 3 rings (SSSR count). The molecule has 1 aliphatic heterocycles. The summed E-state index contributed by atoms with van der Waals surface area (Å²) < 4.78 is 40.2. The normalized spacial score (nSPS) is 15.6. The van der Waals surface area contributed by atoms with Crippen LogP contribution in [0.25, 0.3) is 6.08 Å². The minimum atomic E-state index is -4.49. The molecule has 158 valence electrons. The number of hydrogen-bond acceptors (Lipinski definition) is 2. The van der Waals surface area contributed by atoms with E-state index in [1.165, 1.54) is 18.2 Å². The van der Waals surface area contributed by atoms with Gasteiger partial charge in [-0.25, -0.2) is 0 Å². The zero-order valence-electron chi connectivity index (χ0n) is 16.0. The van der Waals surface area contributed by atoms with Crippen LogP contribution in [0, 0.1) is 0 Å². The van der Waals surface area contributed by atoms with E-state index in [9.17, 15) is 22.8 Å². The van der Waals surface area contributed by atoms with E-state index in [4.69, 9.17) is 0 Å². The number of nitrogens with one attached hydrogen (secondary N) is 1. The standard InChI is InChI=1S/C22H20BrF3N2O2/c23-18-8-2-1-5-15(18)10-11-20(29)27-19(14-28-12-4-9-21(28)30)16-6-3-7-17(13-16)22(24,25)26/h1-3,5-8,10-11,13,19H,4,9,12,14H2,(H,27,29)/b11-10+. The van der Waals surface area contributed by atoms with Crippen molar-refractivity contribution in [2.45, 2.75) is 25.1 Å². The molecule has 1 N–H and O–H groups in total. The van der Waals surface area contributed by atoms with Crippen LogP contribution < -0.4 is 5.32 Å². The third-order valence-electron chi connectivity index (χ3n) is 4.83. The Morgan fingerprint density at radius 1 is 1.20 bits per heavy atom. The highest BCUT2D eigenvalue weighted by molar-refractivity contribution is 9.10. The van der Waals surface area contributed by atoms with Gasteiger partial charge in [0.05, 0.1) is 11.6 Å². The van der Waals surface area contributed by atoms with Crippen LogP contribution in [0.2, 0.25) is 0 Å². The van der Waals surface area contributed by atoms with E-state index in [0.29, 0.717) is 24.9 Å². The predicted octanol–water partition coefficient (Wildman–Crippen LogP) is 4.96. The molecule has 2 aromatic rings. The largest absolute Gasteiger partial charge is 0.416 e. The number of benzene rings is 2. The van der Waals surface area contributed by atoms with E-state index in [1.807, 2.05) is 24.3 Å². The highest BCUT2D eigenvalue weighted by Crippen LogP contribution is 2.31. The summed E-state index contributed by atoms with van der Waals surface area (Å²) in [5.41, 5.74) is 0.293. The van der Waals surface area contributed by atoms with E-state index in [0.717, 1.165) is 22.2 Å². The first-order chi connectivity index (χ1) is 14.2. The Balaban J connectivity index is 1.82. The van der Waals surface area contributed by atoms with Crippen molar-refractivity contribution < 1.29 is 22.8 Å². The van der Waals surface area contributed by atoms with Crippen molar-refractivity contribution in [3.63, 3.8) is 0 Å². The smallest absolute Gasteiger partial charge is 0.344 e. The first kappa shape index (κ1) is 22.1. The number of hydrogen-bond donors (Lipinski definition) is 1. The average Bonchev–Trinajstić information content (AvgIpc) is 3.11. The van der Waals surface area contributed by atoms with Crippen molar-refractivity contribution in [2.75, 3.05) is 13.1 Å². The molecule has 4 nitrogen and oxygen atoms in total. The fourth-order valence-electron chi connectivity index (χ4n) is 3.28. The van der Waals surface area contributed by atoms with Crippen LogP contribution in [0.5, 0.6) is 0 Å². The monoisotopic (exact) mass is 480 g/mol. The molecule has 1 fully saturated rings. The van der Waals surface area contributed by atoms with Crippen LogP contribution in [0.4, 0.5) is 13.2 Å². The van der Waals surface area contributed by atoms with Crippen molar-refractivity contribution >= 4 is 33.8 Å². The lowest BCUT2D eigenvalue weighted by Crippen LogP contribution is -2.38. The van der Waals surface area contributed by atoms with Crippen LogP contribution in [-0.4, -0.2) is 29.8 Å². The lowest BCUT2D eigenvalue weighted by molar-refractivity contribution is -0.137. The van der Waals surface area contributed by atoms with Gasteiger partial charge >= 0.3 is 6.18 Å². The summed E-state index contributed by atoms with van der Waals surface area (Å²) in [6.45, 7) is 0.645. The van der Waals surface area contributed by atoms with Crippen molar-refractivity contribution in [1.29, 1.82) is 0 Å². The van der Waals surface area contributed by atoms with E-state index < -0.39 is 23.7 Å². The lowest BCUT2D eigenvalue weighted by atomic mass is 10.0. The Morgan fingerprint density at radius 2 is 1.97 bits per heavy atom. The number of amides is 2. The summed E-state index contributed by atoms with van der Waals surface area (Å²) in [6, 6.07) is 11.4. The van der Waals surface area contributed by atoms with Crippen molar-refractivity contribution in [2.24, 2.45) is 0 Å². The molecule has 1 atom stereocenters. The number of halogens is 4. The Bertz CT molecular complexity index is 959. The highest BCUT2D eigenvalue weighted by atomic mass is 79.9. The first-order valence-electron chi connectivity index (χ1n) is 9.42. The average molecular weight is 481 g/mol. The van der Waals surface area contributed by atoms with Crippen LogP contribution >= 0.6 is 15.9 Å². The van der Waals surface area contributed by atoms with Crippen LogP contribution in [-0.2, 0) is 15.8 Å². The van der Waals surface area contributed by atoms with Crippen LogP contribution in [0.1, 0.15) is 35.6 Å². The van der Waals surface area contributed by atoms with Gasteiger partial charge in [0.25, 0.3) is 0 Å². The third-order valence-corrected chi connectivity index (χ3v) is 5.55. The molecule has 0 spiro atoms. The van der Waals surface area contributed by atoms with E-state index in [-0.39, 0.29) is 12.5 Å². The van der Waals surface area contributed by atoms with Gasteiger partial charge < -0.3 is 10.2 Å². The second-order valence-corrected chi connectivity index (χ2v) is 7.84. The Hall–Kier alpha value is -2.61. The Kier molecular flexibility index (Phi) is 6.97. The first-order valence-corrected chi connectivity index (χ1v) is 10.2. The van der Waals surface area contributed by atoms with Gasteiger partial charge in [0, 0.05) is 30.1 Å². The molecule has 1 saturated heterocycles. The summed E-state index contributed by atoms with van der Waals surface area (Å²) in [4.78, 5) is 26.1. The van der Waals surface area contributed by atoms with Gasteiger partial charge in [-0.05, 0) is 41.8 Å². The molecule has 2 amide bonds. The van der Waals surface area contributed by atoms with Gasteiger partial charge in [0.15, 0.2) is 0 Å². The second-order valence-electron chi connectivity index (χ2n) is 6.98. The minimum Gasteiger partial charge on any atom is -0.344 e. The van der Waals surface area contributed by atoms with Crippen LogP contribution in [0.15, 0.2) is 59.1 Å². The highest BCUT2D eigenvalue weighted by Gasteiger charge is 2.32. The topological polar surface area (TPSA) is 49.4 Å². The molecule has 8 heteroatoms. The molecule has 0 saturated carbocycles. The maximum absolute atomic E-state index is 13.1. The van der Waals surface area contributed by atoms with E-state index in [2.05, 4.69) is 21.2 Å². The van der Waals surface area contributed by atoms with Gasteiger partial charge in [-0.1, -0.05) is 46.3 Å². The summed E-state index contributed by atoms with van der Waals surface area (Å²) >= 11 is 3.39. The molecular weight excluding hydrogens is 461 g/mol. The number of rotatable bonds is 6. The third kappa shape index (κ3) is 5.72. The maximum atomic E-state index is 13.1. The second kappa shape index (κ2) is 9.47. The van der Waals surface area contributed by atoms with Crippen LogP contribution in [0.3, 0.4) is 0 Å². The predicted molar refractivity (Wildman–Crippen MR) is 111 cm³/mol. The summed E-state index contributed by atoms with van der Waals surface area (Å²) in [7, 11) is 0. The Morgan fingerprint density at radius 3 is 2.63 bits per heavy atom. The fraction of sp³-hybridized carbons (Fsp3) is 0.273.